The number of nitro groups is 1. The van der Waals surface area contributed by atoms with Gasteiger partial charge in [-0.25, -0.2) is 4.39 Å². The Morgan fingerprint density at radius 3 is 2.86 bits per heavy atom. The summed E-state index contributed by atoms with van der Waals surface area (Å²) in [5, 5.41) is 10.9. The molecule has 116 valence electrons. The largest absolute Gasteiger partial charge is 0.481 e. The molecule has 0 aromatic heterocycles. The Bertz CT molecular complexity index is 513. The van der Waals surface area contributed by atoms with E-state index < -0.39 is 16.8 Å². The van der Waals surface area contributed by atoms with Gasteiger partial charge in [0.05, 0.1) is 18.1 Å². The van der Waals surface area contributed by atoms with Crippen LogP contribution in [-0.4, -0.2) is 43.5 Å². The van der Waals surface area contributed by atoms with Crippen LogP contribution in [0, 0.1) is 15.9 Å². The first-order valence-corrected chi connectivity index (χ1v) is 6.49. The van der Waals surface area contributed by atoms with Crippen LogP contribution in [0.25, 0.3) is 0 Å². The quantitative estimate of drug-likeness (QED) is 0.462. The third kappa shape index (κ3) is 3.66. The molecular formula is C13H17FN2O5. The maximum absolute atomic E-state index is 13.2. The van der Waals surface area contributed by atoms with Crippen molar-refractivity contribution >= 4 is 5.69 Å². The van der Waals surface area contributed by atoms with Crippen molar-refractivity contribution in [3.63, 3.8) is 0 Å². The first-order chi connectivity index (χ1) is 10.0. The van der Waals surface area contributed by atoms with Crippen molar-refractivity contribution in [3.05, 3.63) is 34.1 Å². The number of nitro benzene ring substituents is 1. The van der Waals surface area contributed by atoms with Gasteiger partial charge in [0.1, 0.15) is 18.0 Å². The van der Waals surface area contributed by atoms with E-state index in [9.17, 15) is 14.5 Å². The number of ether oxygens (including phenoxy) is 3. The number of nitrogens with two attached hydrogens (primary N) is 1. The van der Waals surface area contributed by atoms with Crippen LogP contribution in [0.3, 0.4) is 0 Å². The molecule has 21 heavy (non-hydrogen) atoms. The Morgan fingerprint density at radius 2 is 2.24 bits per heavy atom. The van der Waals surface area contributed by atoms with Gasteiger partial charge < -0.3 is 19.9 Å². The highest BCUT2D eigenvalue weighted by atomic mass is 19.1. The lowest BCUT2D eigenvalue weighted by molar-refractivity contribution is -0.386. The molecular weight excluding hydrogens is 283 g/mol. The van der Waals surface area contributed by atoms with Gasteiger partial charge >= 0.3 is 5.69 Å². The second kappa shape index (κ2) is 6.79. The van der Waals surface area contributed by atoms with E-state index in [4.69, 9.17) is 19.9 Å². The number of methoxy groups -OCH3 is 1. The molecule has 1 aromatic carbocycles. The Morgan fingerprint density at radius 1 is 1.48 bits per heavy atom. The molecule has 0 aliphatic heterocycles. The van der Waals surface area contributed by atoms with Crippen molar-refractivity contribution in [1.29, 1.82) is 0 Å². The van der Waals surface area contributed by atoms with E-state index in [1.807, 2.05) is 0 Å². The number of benzene rings is 1. The molecule has 0 amide bonds. The fraction of sp³-hybridized carbons (Fsp3) is 0.538. The van der Waals surface area contributed by atoms with Gasteiger partial charge in [-0.3, -0.25) is 10.1 Å². The summed E-state index contributed by atoms with van der Waals surface area (Å²) in [4.78, 5) is 10.3. The Balaban J connectivity index is 2.04. The molecule has 1 saturated carbocycles. The molecule has 1 aliphatic carbocycles. The standard InChI is InChI=1S/C13H17FN2O5/c1-19-4-5-20-13-9(15)7-12(13)21-11-6-8(14)2-3-10(11)16(17)18/h2-3,6,9,12-13H,4-5,7,15H2,1H3. The average Bonchev–Trinajstić information content (AvgIpc) is 2.43. The van der Waals surface area contributed by atoms with E-state index in [0.29, 0.717) is 19.6 Å². The van der Waals surface area contributed by atoms with Crippen LogP contribution in [0.2, 0.25) is 0 Å². The van der Waals surface area contributed by atoms with E-state index in [0.717, 1.165) is 18.2 Å². The van der Waals surface area contributed by atoms with E-state index >= 15 is 0 Å². The van der Waals surface area contributed by atoms with Crippen molar-refractivity contribution in [3.8, 4) is 5.75 Å². The van der Waals surface area contributed by atoms with Crippen LogP contribution >= 0.6 is 0 Å². The Kier molecular flexibility index (Phi) is 5.05. The number of hydrogen-bond donors (Lipinski definition) is 1. The lowest BCUT2D eigenvalue weighted by Gasteiger charge is -2.41. The van der Waals surface area contributed by atoms with E-state index in [1.165, 1.54) is 0 Å². The van der Waals surface area contributed by atoms with Gasteiger partial charge in [0, 0.05) is 31.7 Å². The van der Waals surface area contributed by atoms with Gasteiger partial charge in [0.25, 0.3) is 0 Å². The highest BCUT2D eigenvalue weighted by molar-refractivity contribution is 5.46. The first kappa shape index (κ1) is 15.6. The van der Waals surface area contributed by atoms with Crippen molar-refractivity contribution in [2.75, 3.05) is 20.3 Å². The minimum absolute atomic E-state index is 0.114. The summed E-state index contributed by atoms with van der Waals surface area (Å²) in [6.07, 6.45) is -0.328. The minimum Gasteiger partial charge on any atom is -0.481 e. The lowest BCUT2D eigenvalue weighted by atomic mass is 9.86. The van der Waals surface area contributed by atoms with Crippen LogP contribution < -0.4 is 10.5 Å². The van der Waals surface area contributed by atoms with Crippen LogP contribution in [0.1, 0.15) is 6.42 Å². The highest BCUT2D eigenvalue weighted by Crippen LogP contribution is 2.33. The van der Waals surface area contributed by atoms with Gasteiger partial charge in [-0.05, 0) is 6.07 Å². The predicted octanol–water partition coefficient (Wildman–Crippen LogP) is 1.24. The minimum atomic E-state index is -0.617. The SMILES string of the molecule is COCCOC1C(N)CC1Oc1cc(F)ccc1[N+](=O)[O-]. The van der Waals surface area contributed by atoms with Gasteiger partial charge in [0.2, 0.25) is 0 Å². The van der Waals surface area contributed by atoms with Crippen molar-refractivity contribution in [2.24, 2.45) is 5.73 Å². The third-order valence-corrected chi connectivity index (χ3v) is 3.29. The number of nitrogens with zero attached hydrogens (tertiary/aromatic N) is 1. The molecule has 0 saturated heterocycles. The third-order valence-electron chi connectivity index (χ3n) is 3.29. The molecule has 0 bridgehead atoms. The van der Waals surface area contributed by atoms with Gasteiger partial charge in [-0.15, -0.1) is 0 Å². The zero-order chi connectivity index (χ0) is 15.4. The summed E-state index contributed by atoms with van der Waals surface area (Å²) in [5.41, 5.74) is 5.54. The molecule has 0 heterocycles. The van der Waals surface area contributed by atoms with Crippen molar-refractivity contribution in [1.82, 2.24) is 0 Å². The molecule has 7 nitrogen and oxygen atoms in total. The van der Waals surface area contributed by atoms with E-state index in [2.05, 4.69) is 0 Å². The number of halogens is 1. The van der Waals surface area contributed by atoms with Gasteiger partial charge in [0.15, 0.2) is 5.75 Å². The van der Waals surface area contributed by atoms with E-state index in [-0.39, 0.29) is 23.6 Å². The number of hydrogen-bond acceptors (Lipinski definition) is 6. The monoisotopic (exact) mass is 300 g/mol. The molecule has 0 radical (unpaired) electrons. The molecule has 0 spiro atoms. The van der Waals surface area contributed by atoms with E-state index in [1.54, 1.807) is 7.11 Å². The maximum atomic E-state index is 13.2. The summed E-state index contributed by atoms with van der Waals surface area (Å²) >= 11 is 0. The van der Waals surface area contributed by atoms with Crippen LogP contribution in [0.15, 0.2) is 18.2 Å². The molecule has 3 unspecified atom stereocenters. The molecule has 3 atom stereocenters. The molecule has 1 aliphatic rings. The fourth-order valence-electron chi connectivity index (χ4n) is 2.13. The van der Waals surface area contributed by atoms with Crippen molar-refractivity contribution in [2.45, 2.75) is 24.7 Å². The average molecular weight is 300 g/mol. The molecule has 2 rings (SSSR count). The fourth-order valence-corrected chi connectivity index (χ4v) is 2.13. The Labute approximate surface area is 120 Å². The van der Waals surface area contributed by atoms with Gasteiger partial charge in [-0.2, -0.15) is 0 Å². The summed E-state index contributed by atoms with van der Waals surface area (Å²) in [7, 11) is 1.55. The van der Waals surface area contributed by atoms with Crippen molar-refractivity contribution < 1.29 is 23.5 Å². The summed E-state index contributed by atoms with van der Waals surface area (Å²) in [6.45, 7) is 0.760. The smallest absolute Gasteiger partial charge is 0.311 e. The Hall–Kier alpha value is -1.77. The summed E-state index contributed by atoms with van der Waals surface area (Å²) in [6, 6.07) is 2.88. The zero-order valence-corrected chi connectivity index (χ0v) is 11.5. The molecule has 1 aromatic rings. The first-order valence-electron chi connectivity index (χ1n) is 6.49. The molecule has 8 heteroatoms. The second-order valence-corrected chi connectivity index (χ2v) is 4.75. The highest BCUT2D eigenvalue weighted by Gasteiger charge is 2.42. The maximum Gasteiger partial charge on any atom is 0.311 e. The molecule has 1 fully saturated rings. The predicted molar refractivity (Wildman–Crippen MR) is 71.7 cm³/mol. The van der Waals surface area contributed by atoms with Crippen LogP contribution in [0.4, 0.5) is 10.1 Å². The molecule has 2 N–H and O–H groups in total. The zero-order valence-electron chi connectivity index (χ0n) is 11.5. The lowest BCUT2D eigenvalue weighted by Crippen LogP contribution is -2.59. The number of rotatable bonds is 7. The van der Waals surface area contributed by atoms with Gasteiger partial charge in [-0.1, -0.05) is 0 Å². The second-order valence-electron chi connectivity index (χ2n) is 4.75. The topological polar surface area (TPSA) is 96.9 Å². The summed E-state index contributed by atoms with van der Waals surface area (Å²) in [5.74, 6) is -0.715. The van der Waals surface area contributed by atoms with Crippen LogP contribution in [-0.2, 0) is 9.47 Å². The van der Waals surface area contributed by atoms with Crippen LogP contribution in [0.5, 0.6) is 5.75 Å². The summed E-state index contributed by atoms with van der Waals surface area (Å²) < 4.78 is 29.1. The normalized spacial score (nSPS) is 24.4.